The second-order valence-corrected chi connectivity index (χ2v) is 4.69. The molecule has 2 heteroatoms. The lowest BCUT2D eigenvalue weighted by Crippen LogP contribution is -2.24. The number of hydrogen-bond donors (Lipinski definition) is 0. The fraction of sp³-hybridized carbons (Fsp3) is 0.600. The molecule has 0 amide bonds. The maximum atomic E-state index is 2.37. The van der Waals surface area contributed by atoms with Crippen LogP contribution in [-0.4, -0.2) is 27.2 Å². The molecule has 0 aromatic heterocycles. The van der Waals surface area contributed by atoms with Gasteiger partial charge in [-0.2, -0.15) is 0 Å². The van der Waals surface area contributed by atoms with Crippen molar-refractivity contribution in [3.8, 4) is 0 Å². The highest BCUT2D eigenvalue weighted by Crippen LogP contribution is 2.27. The van der Waals surface area contributed by atoms with E-state index in [2.05, 4.69) is 62.0 Å². The summed E-state index contributed by atoms with van der Waals surface area (Å²) in [5, 5.41) is 0. The topological polar surface area (TPSA) is 6.48 Å². The molecule has 0 saturated heterocycles. The van der Waals surface area contributed by atoms with E-state index >= 15 is 0 Å². The van der Waals surface area contributed by atoms with Gasteiger partial charge in [-0.1, -0.05) is 32.4 Å². The van der Waals surface area contributed by atoms with Gasteiger partial charge in [0, 0.05) is 27.2 Å². The molecule has 0 unspecified atom stereocenters. The van der Waals surface area contributed by atoms with Crippen LogP contribution in [0.15, 0.2) is 24.3 Å². The number of hydrogen-bond acceptors (Lipinski definition) is 2. The average Bonchev–Trinajstić information content (AvgIpc) is 2.36. The summed E-state index contributed by atoms with van der Waals surface area (Å²) in [5.74, 6) is 0. The van der Waals surface area contributed by atoms with Gasteiger partial charge in [-0.25, -0.2) is 0 Å². The van der Waals surface area contributed by atoms with Crippen LogP contribution in [0.3, 0.4) is 0 Å². The van der Waals surface area contributed by atoms with Gasteiger partial charge in [0.15, 0.2) is 0 Å². The van der Waals surface area contributed by atoms with E-state index in [0.29, 0.717) is 0 Å². The lowest BCUT2D eigenvalue weighted by atomic mass is 10.2. The first-order valence-corrected chi connectivity index (χ1v) is 6.72. The quantitative estimate of drug-likeness (QED) is 0.708. The molecule has 96 valence electrons. The minimum atomic E-state index is 1.11. The van der Waals surface area contributed by atoms with E-state index in [-0.39, 0.29) is 0 Å². The summed E-state index contributed by atoms with van der Waals surface area (Å²) < 4.78 is 0. The summed E-state index contributed by atoms with van der Waals surface area (Å²) in [6, 6.07) is 8.68. The van der Waals surface area contributed by atoms with Crippen molar-refractivity contribution in [2.45, 2.75) is 33.1 Å². The maximum Gasteiger partial charge on any atom is 0.0601 e. The van der Waals surface area contributed by atoms with E-state index < -0.39 is 0 Å². The van der Waals surface area contributed by atoms with E-state index in [1.165, 1.54) is 30.6 Å². The van der Waals surface area contributed by atoms with E-state index in [1.54, 1.807) is 0 Å². The van der Waals surface area contributed by atoms with Crippen LogP contribution in [0, 0.1) is 0 Å². The molecule has 0 N–H and O–H groups in total. The molecule has 0 aliphatic heterocycles. The molecular formula is C15H26N2. The largest absolute Gasteiger partial charge is 0.373 e. The number of para-hydroxylation sites is 2. The number of nitrogens with zero attached hydrogens (tertiary/aromatic N) is 2. The zero-order chi connectivity index (χ0) is 12.7. The van der Waals surface area contributed by atoms with Gasteiger partial charge in [0.05, 0.1) is 11.4 Å². The number of anilines is 2. The second-order valence-electron chi connectivity index (χ2n) is 4.69. The molecule has 0 spiro atoms. The molecule has 0 atom stereocenters. The van der Waals surface area contributed by atoms with Crippen molar-refractivity contribution in [3.63, 3.8) is 0 Å². The summed E-state index contributed by atoms with van der Waals surface area (Å²) in [6.07, 6.45) is 3.68. The smallest absolute Gasteiger partial charge is 0.0601 e. The molecule has 0 heterocycles. The molecule has 0 aliphatic carbocycles. The minimum absolute atomic E-state index is 1.11. The molecule has 17 heavy (non-hydrogen) atoms. The van der Waals surface area contributed by atoms with Gasteiger partial charge in [0.25, 0.3) is 0 Å². The fourth-order valence-electron chi connectivity index (χ4n) is 2.08. The van der Waals surface area contributed by atoms with Crippen LogP contribution in [0.25, 0.3) is 0 Å². The second kappa shape index (κ2) is 7.21. The molecule has 2 nitrogen and oxygen atoms in total. The van der Waals surface area contributed by atoms with Crippen LogP contribution in [0.1, 0.15) is 33.1 Å². The summed E-state index contributed by atoms with van der Waals surface area (Å²) in [5.41, 5.74) is 2.69. The molecule has 1 aromatic rings. The Bertz CT molecular complexity index is 322. The molecule has 0 saturated carbocycles. The first-order valence-electron chi connectivity index (χ1n) is 6.72. The third-order valence-corrected chi connectivity index (χ3v) is 3.11. The van der Waals surface area contributed by atoms with Crippen molar-refractivity contribution in [3.05, 3.63) is 24.3 Å². The molecule has 0 fully saturated rings. The average molecular weight is 234 g/mol. The van der Waals surface area contributed by atoms with Gasteiger partial charge in [-0.3, -0.25) is 0 Å². The van der Waals surface area contributed by atoms with Crippen LogP contribution in [0.4, 0.5) is 11.4 Å². The normalized spacial score (nSPS) is 10.4. The van der Waals surface area contributed by atoms with Crippen LogP contribution in [-0.2, 0) is 0 Å². The Morgan fingerprint density at radius 3 is 1.82 bits per heavy atom. The summed E-state index contributed by atoms with van der Waals surface area (Å²) in [7, 11) is 4.37. The highest BCUT2D eigenvalue weighted by atomic mass is 15.2. The first-order chi connectivity index (χ1) is 8.20. The van der Waals surface area contributed by atoms with Gasteiger partial charge in [-0.05, 0) is 25.0 Å². The third kappa shape index (κ3) is 3.95. The highest BCUT2D eigenvalue weighted by Gasteiger charge is 2.09. The Hall–Kier alpha value is -1.18. The monoisotopic (exact) mass is 234 g/mol. The van der Waals surface area contributed by atoms with Gasteiger partial charge in [0.2, 0.25) is 0 Å². The molecule has 0 aliphatic rings. The third-order valence-electron chi connectivity index (χ3n) is 3.11. The highest BCUT2D eigenvalue weighted by molar-refractivity contribution is 5.70. The van der Waals surface area contributed by atoms with Crippen molar-refractivity contribution >= 4 is 11.4 Å². The Labute approximate surface area is 106 Å². The summed E-state index contributed by atoms with van der Waals surface area (Å²) in [4.78, 5) is 4.71. The maximum absolute atomic E-state index is 2.37. The Balaban J connectivity index is 2.83. The number of rotatable bonds is 7. The SMILES string of the molecule is CCCCN(C)c1ccccc1N(C)CCC. The Kier molecular flexibility index (Phi) is 5.88. The lowest BCUT2D eigenvalue weighted by Gasteiger charge is -2.27. The van der Waals surface area contributed by atoms with E-state index in [0.717, 1.165) is 13.1 Å². The lowest BCUT2D eigenvalue weighted by molar-refractivity contribution is 0.763. The minimum Gasteiger partial charge on any atom is -0.373 e. The van der Waals surface area contributed by atoms with Crippen molar-refractivity contribution in [2.75, 3.05) is 37.0 Å². The summed E-state index contributed by atoms with van der Waals surface area (Å²) >= 11 is 0. The van der Waals surface area contributed by atoms with Crippen molar-refractivity contribution in [2.24, 2.45) is 0 Å². The van der Waals surface area contributed by atoms with Crippen LogP contribution in [0.5, 0.6) is 0 Å². The van der Waals surface area contributed by atoms with Crippen LogP contribution in [0.2, 0.25) is 0 Å². The standard InChI is InChI=1S/C15H26N2/c1-5-7-13-17(4)15-11-9-8-10-14(15)16(3)12-6-2/h8-11H,5-7,12-13H2,1-4H3. The summed E-state index contributed by atoms with van der Waals surface area (Å²) in [6.45, 7) is 6.70. The molecule has 0 bridgehead atoms. The van der Waals surface area contributed by atoms with E-state index in [4.69, 9.17) is 0 Å². The van der Waals surface area contributed by atoms with Crippen molar-refractivity contribution < 1.29 is 0 Å². The van der Waals surface area contributed by atoms with Crippen molar-refractivity contribution in [1.29, 1.82) is 0 Å². The van der Waals surface area contributed by atoms with Crippen molar-refractivity contribution in [1.82, 2.24) is 0 Å². The van der Waals surface area contributed by atoms with Gasteiger partial charge in [-0.15, -0.1) is 0 Å². The molecule has 1 rings (SSSR count). The molecular weight excluding hydrogens is 208 g/mol. The van der Waals surface area contributed by atoms with Crippen LogP contribution >= 0.6 is 0 Å². The Morgan fingerprint density at radius 2 is 1.35 bits per heavy atom. The van der Waals surface area contributed by atoms with Gasteiger partial charge in [0.1, 0.15) is 0 Å². The zero-order valence-corrected chi connectivity index (χ0v) is 11.7. The number of unbranched alkanes of at least 4 members (excludes halogenated alkanes) is 1. The molecule has 0 radical (unpaired) electrons. The van der Waals surface area contributed by atoms with Crippen LogP contribution < -0.4 is 9.80 Å². The zero-order valence-electron chi connectivity index (χ0n) is 11.7. The predicted molar refractivity (Wildman–Crippen MR) is 78.2 cm³/mol. The van der Waals surface area contributed by atoms with E-state index in [1.807, 2.05) is 0 Å². The first kappa shape index (κ1) is 13.9. The van der Waals surface area contributed by atoms with Gasteiger partial charge >= 0.3 is 0 Å². The Morgan fingerprint density at radius 1 is 0.824 bits per heavy atom. The number of benzene rings is 1. The van der Waals surface area contributed by atoms with E-state index in [9.17, 15) is 0 Å². The predicted octanol–water partition coefficient (Wildman–Crippen LogP) is 3.77. The van der Waals surface area contributed by atoms with Gasteiger partial charge < -0.3 is 9.80 Å². The fourth-order valence-corrected chi connectivity index (χ4v) is 2.08. The molecule has 1 aromatic carbocycles.